The molecule has 0 saturated carbocycles. The topological polar surface area (TPSA) is 74.4 Å². The largest absolute Gasteiger partial charge is 0.495 e. The number of anilines is 1. The zero-order valence-corrected chi connectivity index (χ0v) is 14.6. The average molecular weight is 356 g/mol. The summed E-state index contributed by atoms with van der Waals surface area (Å²) in [5.41, 5.74) is 10.6. The van der Waals surface area contributed by atoms with Gasteiger partial charge in [-0.25, -0.2) is 4.98 Å². The van der Waals surface area contributed by atoms with Crippen LogP contribution in [-0.2, 0) is 0 Å². The van der Waals surface area contributed by atoms with Crippen LogP contribution in [0.1, 0.15) is 0 Å². The molecule has 0 fully saturated rings. The van der Waals surface area contributed by atoms with Crippen molar-refractivity contribution in [3.8, 4) is 28.5 Å². The molecule has 5 heteroatoms. The van der Waals surface area contributed by atoms with Gasteiger partial charge in [0.15, 0.2) is 5.58 Å². The van der Waals surface area contributed by atoms with Crippen LogP contribution in [0.25, 0.3) is 44.8 Å². The van der Waals surface area contributed by atoms with E-state index < -0.39 is 0 Å². The molecule has 0 radical (unpaired) electrons. The van der Waals surface area contributed by atoms with Crippen LogP contribution in [-0.4, -0.2) is 12.1 Å². The number of benzene rings is 3. The fourth-order valence-corrected chi connectivity index (χ4v) is 3.20. The zero-order chi connectivity index (χ0) is 18.4. The molecule has 0 unspecified atom stereocenters. The summed E-state index contributed by atoms with van der Waals surface area (Å²) in [4.78, 5) is 4.61. The Morgan fingerprint density at radius 3 is 2.52 bits per heavy atom. The minimum Gasteiger partial charge on any atom is -0.495 e. The Labute approximate surface area is 155 Å². The highest BCUT2D eigenvalue weighted by Crippen LogP contribution is 2.33. The molecule has 0 amide bonds. The lowest BCUT2D eigenvalue weighted by atomic mass is 10.1. The standard InChI is InChI=1S/C22H16N2O3/c1-25-19-8-7-15(10-16(19)23)22-24-17-11-14(6-9-20(17)27-22)21-12-13-4-2-3-5-18(13)26-21/h2-12H,23H2,1H3. The number of aromatic nitrogens is 1. The third-order valence-corrected chi connectivity index (χ3v) is 4.57. The fraction of sp³-hybridized carbons (Fsp3) is 0.0455. The maximum atomic E-state index is 5.99. The molecule has 0 aliphatic rings. The number of hydrogen-bond donors (Lipinski definition) is 1. The average Bonchev–Trinajstić information content (AvgIpc) is 3.31. The highest BCUT2D eigenvalue weighted by molar-refractivity contribution is 5.86. The Morgan fingerprint density at radius 1 is 0.852 bits per heavy atom. The molecule has 0 atom stereocenters. The van der Waals surface area contributed by atoms with Gasteiger partial charge in [0, 0.05) is 16.5 Å². The van der Waals surface area contributed by atoms with Crippen molar-refractivity contribution in [3.05, 3.63) is 66.7 Å². The molecule has 0 bridgehead atoms. The van der Waals surface area contributed by atoms with Crippen LogP contribution >= 0.6 is 0 Å². The second kappa shape index (κ2) is 5.92. The van der Waals surface area contributed by atoms with Crippen molar-refractivity contribution in [2.75, 3.05) is 12.8 Å². The van der Waals surface area contributed by atoms with Crippen LogP contribution in [0.2, 0.25) is 0 Å². The van der Waals surface area contributed by atoms with E-state index in [1.807, 2.05) is 54.6 Å². The molecule has 0 aliphatic heterocycles. The molecule has 132 valence electrons. The predicted molar refractivity (Wildman–Crippen MR) is 106 cm³/mol. The van der Waals surface area contributed by atoms with Gasteiger partial charge in [0.05, 0.1) is 12.8 Å². The number of oxazole rings is 1. The number of rotatable bonds is 3. The molecule has 2 N–H and O–H groups in total. The molecule has 5 rings (SSSR count). The highest BCUT2D eigenvalue weighted by Gasteiger charge is 2.13. The van der Waals surface area contributed by atoms with E-state index in [0.29, 0.717) is 22.9 Å². The molecular weight excluding hydrogens is 340 g/mol. The van der Waals surface area contributed by atoms with Crippen LogP contribution in [0.15, 0.2) is 75.6 Å². The van der Waals surface area contributed by atoms with Crippen LogP contribution in [0.3, 0.4) is 0 Å². The molecule has 5 nitrogen and oxygen atoms in total. The second-order valence-electron chi connectivity index (χ2n) is 6.31. The van der Waals surface area contributed by atoms with E-state index in [4.69, 9.17) is 19.3 Å². The first-order chi connectivity index (χ1) is 13.2. The number of ether oxygens (including phenoxy) is 1. The van der Waals surface area contributed by atoms with Crippen molar-refractivity contribution in [1.29, 1.82) is 0 Å². The Bertz CT molecular complexity index is 1250. The minimum atomic E-state index is 0.515. The van der Waals surface area contributed by atoms with Crippen LogP contribution in [0, 0.1) is 0 Å². The summed E-state index contributed by atoms with van der Waals surface area (Å²) >= 11 is 0. The number of nitrogens with two attached hydrogens (primary N) is 1. The summed E-state index contributed by atoms with van der Waals surface area (Å²) in [6.07, 6.45) is 0. The molecule has 27 heavy (non-hydrogen) atoms. The van der Waals surface area contributed by atoms with Gasteiger partial charge in [0.2, 0.25) is 5.89 Å². The maximum Gasteiger partial charge on any atom is 0.227 e. The third kappa shape index (κ3) is 2.60. The first-order valence-corrected chi connectivity index (χ1v) is 8.55. The van der Waals surface area contributed by atoms with Gasteiger partial charge < -0.3 is 19.3 Å². The summed E-state index contributed by atoms with van der Waals surface area (Å²) in [5.74, 6) is 1.94. The normalized spacial score (nSPS) is 11.3. The van der Waals surface area contributed by atoms with Gasteiger partial charge in [0.25, 0.3) is 0 Å². The quantitative estimate of drug-likeness (QED) is 0.432. The SMILES string of the molecule is COc1ccc(-c2nc3cc(-c4cc5ccccc5o4)ccc3o2)cc1N. The summed E-state index contributed by atoms with van der Waals surface area (Å²) < 4.78 is 17.0. The zero-order valence-electron chi connectivity index (χ0n) is 14.6. The van der Waals surface area contributed by atoms with Crippen molar-refractivity contribution < 1.29 is 13.6 Å². The van der Waals surface area contributed by atoms with Gasteiger partial charge in [0.1, 0.15) is 22.6 Å². The van der Waals surface area contributed by atoms with E-state index in [2.05, 4.69) is 4.98 Å². The van der Waals surface area contributed by atoms with Crippen LogP contribution in [0.4, 0.5) is 5.69 Å². The molecule has 0 saturated heterocycles. The molecule has 2 aromatic heterocycles. The molecule has 5 aromatic rings. The lowest BCUT2D eigenvalue weighted by molar-refractivity contribution is 0.417. The van der Waals surface area contributed by atoms with Crippen molar-refractivity contribution in [1.82, 2.24) is 4.98 Å². The number of hydrogen-bond acceptors (Lipinski definition) is 5. The van der Waals surface area contributed by atoms with E-state index in [1.165, 1.54) is 0 Å². The first kappa shape index (κ1) is 15.5. The maximum absolute atomic E-state index is 5.99. The van der Waals surface area contributed by atoms with E-state index in [0.717, 1.165) is 33.4 Å². The Hall–Kier alpha value is -3.73. The molecule has 3 aromatic carbocycles. The van der Waals surface area contributed by atoms with Crippen LogP contribution in [0.5, 0.6) is 5.75 Å². The number of fused-ring (bicyclic) bond motifs is 2. The lowest BCUT2D eigenvalue weighted by Crippen LogP contribution is -1.92. The molecule has 2 heterocycles. The highest BCUT2D eigenvalue weighted by atomic mass is 16.5. The molecular formula is C22H16N2O3. The third-order valence-electron chi connectivity index (χ3n) is 4.57. The van der Waals surface area contributed by atoms with Crippen molar-refractivity contribution in [2.45, 2.75) is 0 Å². The van der Waals surface area contributed by atoms with Crippen molar-refractivity contribution in [2.24, 2.45) is 0 Å². The van der Waals surface area contributed by atoms with Gasteiger partial charge in [-0.1, -0.05) is 18.2 Å². The van der Waals surface area contributed by atoms with Crippen molar-refractivity contribution in [3.63, 3.8) is 0 Å². The summed E-state index contributed by atoms with van der Waals surface area (Å²) in [6.45, 7) is 0. The number of nitrogens with zero attached hydrogens (tertiary/aromatic N) is 1. The van der Waals surface area contributed by atoms with E-state index in [1.54, 1.807) is 19.2 Å². The first-order valence-electron chi connectivity index (χ1n) is 8.55. The fourth-order valence-electron chi connectivity index (χ4n) is 3.20. The van der Waals surface area contributed by atoms with Crippen molar-refractivity contribution >= 4 is 27.8 Å². The predicted octanol–water partition coefficient (Wildman–Crippen LogP) is 5.50. The summed E-state index contributed by atoms with van der Waals surface area (Å²) in [6, 6.07) is 21.3. The number of nitrogen functional groups attached to an aromatic ring is 1. The number of methoxy groups -OCH3 is 1. The smallest absolute Gasteiger partial charge is 0.227 e. The molecule has 0 spiro atoms. The van der Waals surface area contributed by atoms with Crippen LogP contribution < -0.4 is 10.5 Å². The van der Waals surface area contributed by atoms with E-state index >= 15 is 0 Å². The van der Waals surface area contributed by atoms with Gasteiger partial charge in [-0.05, 0) is 48.5 Å². The Morgan fingerprint density at radius 2 is 1.70 bits per heavy atom. The second-order valence-corrected chi connectivity index (χ2v) is 6.31. The van der Waals surface area contributed by atoms with E-state index in [9.17, 15) is 0 Å². The molecule has 0 aliphatic carbocycles. The Kier molecular flexibility index (Phi) is 3.40. The lowest BCUT2D eigenvalue weighted by Gasteiger charge is -2.04. The Balaban J connectivity index is 1.57. The number of furan rings is 1. The van der Waals surface area contributed by atoms with Gasteiger partial charge in [-0.2, -0.15) is 0 Å². The van der Waals surface area contributed by atoms with Gasteiger partial charge in [-0.15, -0.1) is 0 Å². The van der Waals surface area contributed by atoms with Gasteiger partial charge >= 0.3 is 0 Å². The minimum absolute atomic E-state index is 0.515. The number of para-hydroxylation sites is 1. The van der Waals surface area contributed by atoms with E-state index in [-0.39, 0.29) is 0 Å². The monoisotopic (exact) mass is 356 g/mol. The summed E-state index contributed by atoms with van der Waals surface area (Å²) in [7, 11) is 1.59. The van der Waals surface area contributed by atoms with Gasteiger partial charge in [-0.3, -0.25) is 0 Å². The summed E-state index contributed by atoms with van der Waals surface area (Å²) in [5, 5.41) is 1.07.